The molecule has 7 heteroatoms. The number of aliphatic hydroxyl groups is 1. The molecule has 7 nitrogen and oxygen atoms in total. The van der Waals surface area contributed by atoms with Crippen LogP contribution in [0.4, 0.5) is 0 Å². The van der Waals surface area contributed by atoms with Gasteiger partial charge in [-0.3, -0.25) is 14.4 Å². The summed E-state index contributed by atoms with van der Waals surface area (Å²) >= 11 is 0. The van der Waals surface area contributed by atoms with Crippen LogP contribution in [0.5, 0.6) is 0 Å². The van der Waals surface area contributed by atoms with Gasteiger partial charge in [0.15, 0.2) is 0 Å². The average molecular weight is 436 g/mol. The van der Waals surface area contributed by atoms with Crippen LogP contribution in [0.3, 0.4) is 0 Å². The minimum Gasteiger partial charge on any atom is -0.394 e. The molecule has 1 fully saturated rings. The molecule has 1 heterocycles. The zero-order valence-electron chi connectivity index (χ0n) is 20.4. The lowest BCUT2D eigenvalue weighted by molar-refractivity contribution is -0.143. The molecule has 1 aliphatic carbocycles. The van der Waals surface area contributed by atoms with Gasteiger partial charge in [-0.1, -0.05) is 46.8 Å². The second kappa shape index (κ2) is 9.31. The van der Waals surface area contributed by atoms with E-state index in [0.29, 0.717) is 6.42 Å². The summed E-state index contributed by atoms with van der Waals surface area (Å²) in [6.45, 7) is 14.0. The summed E-state index contributed by atoms with van der Waals surface area (Å²) in [7, 11) is 1.57. The first-order valence-corrected chi connectivity index (χ1v) is 11.4. The molecule has 6 atom stereocenters. The number of likely N-dealkylation sites (tertiary alicyclic amines) is 1. The smallest absolute Gasteiger partial charge is 0.243 e. The molecule has 0 aromatic carbocycles. The molecule has 1 aliphatic heterocycles. The Morgan fingerprint density at radius 1 is 1.16 bits per heavy atom. The maximum Gasteiger partial charge on any atom is 0.243 e. The maximum atomic E-state index is 13.6. The first kappa shape index (κ1) is 25.4. The summed E-state index contributed by atoms with van der Waals surface area (Å²) in [5, 5.41) is 15.8. The predicted octanol–water partition coefficient (Wildman–Crippen LogP) is 2.10. The Bertz CT molecular complexity index is 721. The molecule has 2 rings (SSSR count). The summed E-state index contributed by atoms with van der Waals surface area (Å²) in [5.41, 5.74) is -0.443. The molecule has 1 saturated heterocycles. The average Bonchev–Trinajstić information content (AvgIpc) is 2.93. The number of amides is 3. The molecule has 0 aromatic rings. The van der Waals surface area contributed by atoms with Gasteiger partial charge in [0.05, 0.1) is 24.5 Å². The SMILES string of the molecule is CC[C@@H](CO)N1C(=O)[C@@H]2[C@H](C=C[C@@H](C)[C@H]2C(=O)NC)[C@H]1C(=O)NC(C)(C)CC(C)(C)C. The Hall–Kier alpha value is -1.89. The molecule has 0 aromatic heterocycles. The van der Waals surface area contributed by atoms with Crippen LogP contribution >= 0.6 is 0 Å². The van der Waals surface area contributed by atoms with Crippen molar-refractivity contribution in [3.05, 3.63) is 12.2 Å². The molecule has 0 unspecified atom stereocenters. The summed E-state index contributed by atoms with van der Waals surface area (Å²) in [6, 6.07) is -1.21. The number of nitrogens with zero attached hydrogens (tertiary/aromatic N) is 1. The van der Waals surface area contributed by atoms with Crippen molar-refractivity contribution in [2.45, 2.75) is 78.9 Å². The van der Waals surface area contributed by atoms with E-state index in [-0.39, 0.29) is 35.7 Å². The van der Waals surface area contributed by atoms with E-state index in [1.54, 1.807) is 11.9 Å². The van der Waals surface area contributed by atoms with E-state index in [1.165, 1.54) is 0 Å². The van der Waals surface area contributed by atoms with E-state index in [2.05, 4.69) is 31.4 Å². The third kappa shape index (κ3) is 5.30. The number of aliphatic hydroxyl groups excluding tert-OH is 1. The van der Waals surface area contributed by atoms with Crippen LogP contribution < -0.4 is 10.6 Å². The minimum atomic E-state index is -0.746. The Balaban J connectivity index is 2.47. The number of carbonyl (C=O) groups excluding carboxylic acids is 3. The number of fused-ring (bicyclic) bond motifs is 1. The Morgan fingerprint density at radius 2 is 1.77 bits per heavy atom. The molecule has 0 spiro atoms. The van der Waals surface area contributed by atoms with Crippen molar-refractivity contribution >= 4 is 17.7 Å². The largest absolute Gasteiger partial charge is 0.394 e. The number of allylic oxidation sites excluding steroid dienone is 1. The molecular weight excluding hydrogens is 394 g/mol. The van der Waals surface area contributed by atoms with Gasteiger partial charge in [0.2, 0.25) is 17.7 Å². The van der Waals surface area contributed by atoms with Gasteiger partial charge < -0.3 is 20.6 Å². The van der Waals surface area contributed by atoms with E-state index in [1.807, 2.05) is 39.8 Å². The third-order valence-corrected chi connectivity index (χ3v) is 6.54. The van der Waals surface area contributed by atoms with Gasteiger partial charge in [0.1, 0.15) is 6.04 Å². The second-order valence-electron chi connectivity index (χ2n) is 11.0. The van der Waals surface area contributed by atoms with Gasteiger partial charge >= 0.3 is 0 Å². The van der Waals surface area contributed by atoms with Crippen molar-refractivity contribution in [1.29, 1.82) is 0 Å². The molecule has 31 heavy (non-hydrogen) atoms. The number of hydrogen-bond acceptors (Lipinski definition) is 4. The normalized spacial score (nSPS) is 29.5. The zero-order chi connectivity index (χ0) is 23.7. The van der Waals surface area contributed by atoms with Crippen molar-refractivity contribution in [1.82, 2.24) is 15.5 Å². The van der Waals surface area contributed by atoms with Crippen molar-refractivity contribution in [3.8, 4) is 0 Å². The van der Waals surface area contributed by atoms with E-state index < -0.39 is 35.4 Å². The standard InChI is InChI=1S/C24H41N3O4/c1-9-15(12-28)27-19(21(30)26-24(6,7)13-23(3,4)5)16-11-10-14(2)17(20(29)25-8)18(16)22(27)31/h10-11,14-19,28H,9,12-13H2,1-8H3,(H,25,29)(H,26,30)/t14-,15+,16+,17-,18-,19+/m1/s1. The molecule has 0 bridgehead atoms. The predicted molar refractivity (Wildman–Crippen MR) is 121 cm³/mol. The van der Waals surface area contributed by atoms with E-state index in [4.69, 9.17) is 0 Å². The maximum absolute atomic E-state index is 13.6. The van der Waals surface area contributed by atoms with Crippen molar-refractivity contribution in [3.63, 3.8) is 0 Å². The number of hydrogen-bond donors (Lipinski definition) is 3. The monoisotopic (exact) mass is 435 g/mol. The molecule has 0 radical (unpaired) electrons. The summed E-state index contributed by atoms with van der Waals surface area (Å²) in [6.07, 6.45) is 5.17. The summed E-state index contributed by atoms with van der Waals surface area (Å²) in [5.74, 6) is -2.29. The highest BCUT2D eigenvalue weighted by Gasteiger charge is 2.58. The van der Waals surface area contributed by atoms with Crippen molar-refractivity contribution < 1.29 is 19.5 Å². The van der Waals surface area contributed by atoms with Crippen LogP contribution in [0, 0.1) is 29.1 Å². The molecular formula is C24H41N3O4. The number of carbonyl (C=O) groups is 3. The van der Waals surface area contributed by atoms with Crippen LogP contribution in [-0.4, -0.2) is 59.0 Å². The van der Waals surface area contributed by atoms with E-state index in [9.17, 15) is 19.5 Å². The zero-order valence-corrected chi connectivity index (χ0v) is 20.4. The fraction of sp³-hybridized carbons (Fsp3) is 0.792. The highest BCUT2D eigenvalue weighted by Crippen LogP contribution is 2.45. The summed E-state index contributed by atoms with van der Waals surface area (Å²) in [4.78, 5) is 41.4. The molecule has 0 saturated carbocycles. The van der Waals surface area contributed by atoms with Crippen LogP contribution in [0.15, 0.2) is 12.2 Å². The second-order valence-corrected chi connectivity index (χ2v) is 11.0. The fourth-order valence-electron chi connectivity index (χ4n) is 5.69. The number of nitrogens with one attached hydrogen (secondary N) is 2. The number of rotatable bonds is 7. The minimum absolute atomic E-state index is 0.0199. The van der Waals surface area contributed by atoms with Crippen LogP contribution in [0.2, 0.25) is 0 Å². The van der Waals surface area contributed by atoms with E-state index in [0.717, 1.165) is 6.42 Å². The highest BCUT2D eigenvalue weighted by molar-refractivity contribution is 5.97. The third-order valence-electron chi connectivity index (χ3n) is 6.54. The lowest BCUT2D eigenvalue weighted by atomic mass is 9.70. The topological polar surface area (TPSA) is 98.7 Å². The molecule has 3 amide bonds. The fourth-order valence-corrected chi connectivity index (χ4v) is 5.69. The Kier molecular flexibility index (Phi) is 7.62. The lowest BCUT2D eigenvalue weighted by Gasteiger charge is -2.38. The van der Waals surface area contributed by atoms with Gasteiger partial charge in [0.25, 0.3) is 0 Å². The molecule has 3 N–H and O–H groups in total. The summed E-state index contributed by atoms with van der Waals surface area (Å²) < 4.78 is 0. The van der Waals surface area contributed by atoms with Gasteiger partial charge in [-0.15, -0.1) is 0 Å². The quantitative estimate of drug-likeness (QED) is 0.533. The Labute approximate surface area is 187 Å². The first-order valence-electron chi connectivity index (χ1n) is 11.4. The van der Waals surface area contributed by atoms with Crippen LogP contribution in [0.1, 0.15) is 61.3 Å². The molecule has 2 aliphatic rings. The van der Waals surface area contributed by atoms with E-state index >= 15 is 0 Å². The van der Waals surface area contributed by atoms with Crippen molar-refractivity contribution in [2.75, 3.05) is 13.7 Å². The van der Waals surface area contributed by atoms with Gasteiger partial charge in [-0.05, 0) is 38.0 Å². The van der Waals surface area contributed by atoms with Gasteiger partial charge in [0, 0.05) is 18.5 Å². The molecule has 176 valence electrons. The highest BCUT2D eigenvalue weighted by atomic mass is 16.3. The lowest BCUT2D eigenvalue weighted by Crippen LogP contribution is -2.56. The van der Waals surface area contributed by atoms with Crippen LogP contribution in [-0.2, 0) is 14.4 Å². The van der Waals surface area contributed by atoms with Gasteiger partial charge in [-0.2, -0.15) is 0 Å². The first-order chi connectivity index (χ1) is 14.3. The Morgan fingerprint density at radius 3 is 2.26 bits per heavy atom. The van der Waals surface area contributed by atoms with Crippen LogP contribution in [0.25, 0.3) is 0 Å². The van der Waals surface area contributed by atoms with Crippen molar-refractivity contribution in [2.24, 2.45) is 29.1 Å². The van der Waals surface area contributed by atoms with Gasteiger partial charge in [-0.25, -0.2) is 0 Å².